The highest BCUT2D eigenvalue weighted by Crippen LogP contribution is 2.31. The van der Waals surface area contributed by atoms with Crippen LogP contribution in [0.3, 0.4) is 0 Å². The van der Waals surface area contributed by atoms with Crippen LogP contribution < -0.4 is 5.32 Å². The number of hydrogen-bond donors (Lipinski definition) is 1. The third kappa shape index (κ3) is 3.91. The van der Waals surface area contributed by atoms with Crippen molar-refractivity contribution in [2.24, 2.45) is 0 Å². The fourth-order valence-electron chi connectivity index (χ4n) is 4.96. The van der Waals surface area contributed by atoms with Gasteiger partial charge in [-0.2, -0.15) is 5.10 Å². The number of fused-ring (bicyclic) bond motifs is 1. The van der Waals surface area contributed by atoms with Crippen molar-refractivity contribution >= 4 is 11.9 Å². The Kier molecular flexibility index (Phi) is 5.49. The summed E-state index contributed by atoms with van der Waals surface area (Å²) >= 11 is 0. The average molecular weight is 431 g/mol. The van der Waals surface area contributed by atoms with E-state index >= 15 is 0 Å². The van der Waals surface area contributed by atoms with Crippen LogP contribution in [0.5, 0.6) is 0 Å². The summed E-state index contributed by atoms with van der Waals surface area (Å²) in [6.45, 7) is 0.634. The third-order valence-electron chi connectivity index (χ3n) is 6.54. The van der Waals surface area contributed by atoms with Gasteiger partial charge < -0.3 is 10.1 Å². The Morgan fingerprint density at radius 2 is 1.75 bits per heavy atom. The first-order valence-corrected chi connectivity index (χ1v) is 10.9. The number of ether oxygens (including phenoxy) is 1. The van der Waals surface area contributed by atoms with Crippen LogP contribution in [0, 0.1) is 0 Å². The molecule has 3 aromatic rings. The summed E-state index contributed by atoms with van der Waals surface area (Å²) in [5.74, 6) is -0.372. The molecule has 0 radical (unpaired) electrons. The predicted octanol–water partition coefficient (Wildman–Crippen LogP) is 2.39. The van der Waals surface area contributed by atoms with Crippen LogP contribution in [-0.2, 0) is 22.4 Å². The predicted molar refractivity (Wildman–Crippen MR) is 120 cm³/mol. The van der Waals surface area contributed by atoms with E-state index in [0.29, 0.717) is 18.5 Å². The highest BCUT2D eigenvalue weighted by molar-refractivity contribution is 5.94. The number of carbonyl (C=O) groups is 2. The zero-order valence-corrected chi connectivity index (χ0v) is 18.0. The topological polar surface area (TPSA) is 76.5 Å². The summed E-state index contributed by atoms with van der Waals surface area (Å²) in [4.78, 5) is 27.6. The van der Waals surface area contributed by atoms with Crippen molar-refractivity contribution in [2.75, 3.05) is 13.7 Å². The quantitative estimate of drug-likeness (QED) is 0.629. The Labute approximate surface area is 187 Å². The Morgan fingerprint density at radius 3 is 2.38 bits per heavy atom. The van der Waals surface area contributed by atoms with Crippen LogP contribution >= 0.6 is 0 Å². The highest BCUT2D eigenvalue weighted by Gasteiger charge is 2.43. The van der Waals surface area contributed by atoms with Crippen molar-refractivity contribution in [3.8, 4) is 5.69 Å². The maximum absolute atomic E-state index is 12.9. The molecule has 32 heavy (non-hydrogen) atoms. The van der Waals surface area contributed by atoms with E-state index in [0.717, 1.165) is 18.5 Å². The monoisotopic (exact) mass is 430 g/mol. The minimum Gasteiger partial charge on any atom is -0.468 e. The lowest BCUT2D eigenvalue weighted by Gasteiger charge is -2.28. The second kappa shape index (κ2) is 8.59. The highest BCUT2D eigenvalue weighted by atomic mass is 16.5. The Balaban J connectivity index is 1.27. The molecule has 0 saturated carbocycles. The fraction of sp³-hybridized carbons (Fsp3) is 0.320. The van der Waals surface area contributed by atoms with E-state index in [1.807, 2.05) is 24.4 Å². The zero-order chi connectivity index (χ0) is 22.1. The minimum absolute atomic E-state index is 0.110. The molecule has 0 unspecified atom stereocenters. The molecule has 1 N–H and O–H groups in total. The average Bonchev–Trinajstić information content (AvgIpc) is 3.57. The molecule has 0 bridgehead atoms. The fourth-order valence-corrected chi connectivity index (χ4v) is 4.96. The molecule has 1 aromatic heterocycles. The molecule has 0 spiro atoms. The van der Waals surface area contributed by atoms with Crippen molar-refractivity contribution in [2.45, 2.75) is 37.4 Å². The van der Waals surface area contributed by atoms with E-state index < -0.39 is 0 Å². The molecule has 1 fully saturated rings. The Hall–Kier alpha value is -3.45. The first kappa shape index (κ1) is 20.5. The summed E-state index contributed by atoms with van der Waals surface area (Å²) in [5.41, 5.74) is 4.16. The normalized spacial score (nSPS) is 20.8. The molecule has 1 saturated heterocycles. The summed E-state index contributed by atoms with van der Waals surface area (Å²) in [6.07, 6.45) is 5.96. The first-order chi connectivity index (χ1) is 15.6. The molecular formula is C25H26N4O3. The van der Waals surface area contributed by atoms with Crippen LogP contribution in [0.25, 0.3) is 5.69 Å². The maximum Gasteiger partial charge on any atom is 0.323 e. The van der Waals surface area contributed by atoms with Crippen molar-refractivity contribution in [3.05, 3.63) is 83.7 Å². The van der Waals surface area contributed by atoms with Crippen LogP contribution in [-0.4, -0.2) is 58.3 Å². The van der Waals surface area contributed by atoms with Crippen LogP contribution in [0.1, 0.15) is 27.9 Å². The summed E-state index contributed by atoms with van der Waals surface area (Å²) in [7, 11) is 1.43. The lowest BCUT2D eigenvalue weighted by atomic mass is 10.1. The van der Waals surface area contributed by atoms with Gasteiger partial charge >= 0.3 is 5.97 Å². The number of likely N-dealkylation sites (tertiary alicyclic amines) is 1. The largest absolute Gasteiger partial charge is 0.468 e. The van der Waals surface area contributed by atoms with Crippen molar-refractivity contribution < 1.29 is 14.3 Å². The maximum atomic E-state index is 12.9. The van der Waals surface area contributed by atoms with Gasteiger partial charge in [0.2, 0.25) is 0 Å². The number of amides is 1. The van der Waals surface area contributed by atoms with Crippen molar-refractivity contribution in [3.63, 3.8) is 0 Å². The van der Waals surface area contributed by atoms with Crippen molar-refractivity contribution in [1.29, 1.82) is 0 Å². The molecule has 2 aromatic carbocycles. The number of carbonyl (C=O) groups excluding carboxylic acids is 2. The van der Waals surface area contributed by atoms with E-state index in [4.69, 9.17) is 4.74 Å². The zero-order valence-electron chi connectivity index (χ0n) is 18.0. The lowest BCUT2D eigenvalue weighted by Crippen LogP contribution is -2.45. The van der Waals surface area contributed by atoms with Crippen LogP contribution in [0.4, 0.5) is 0 Å². The third-order valence-corrected chi connectivity index (χ3v) is 6.54. The molecule has 5 rings (SSSR count). The number of hydrogen-bond acceptors (Lipinski definition) is 5. The lowest BCUT2D eigenvalue weighted by molar-refractivity contribution is -0.146. The van der Waals surface area contributed by atoms with Gasteiger partial charge in [-0.25, -0.2) is 4.68 Å². The molecule has 1 aliphatic carbocycles. The number of nitrogens with one attached hydrogen (secondary N) is 1. The summed E-state index contributed by atoms with van der Waals surface area (Å²) in [6, 6.07) is 17.4. The number of aromatic nitrogens is 2. The SMILES string of the molecule is COC(=O)[C@@H]1C[C@H](NC(=O)c2ccc(-n3cccn3)cc2)CN1C1Cc2ccccc2C1. The number of benzene rings is 2. The van der Waals surface area contributed by atoms with Gasteiger partial charge in [-0.3, -0.25) is 14.5 Å². The van der Waals surface area contributed by atoms with Gasteiger partial charge in [-0.15, -0.1) is 0 Å². The van der Waals surface area contributed by atoms with Gasteiger partial charge in [-0.1, -0.05) is 24.3 Å². The molecule has 7 heteroatoms. The van der Waals surface area contributed by atoms with E-state index in [9.17, 15) is 9.59 Å². The number of rotatable bonds is 5. The van der Waals surface area contributed by atoms with Gasteiger partial charge in [0.05, 0.1) is 12.8 Å². The molecule has 164 valence electrons. The van der Waals surface area contributed by atoms with Crippen LogP contribution in [0.2, 0.25) is 0 Å². The Morgan fingerprint density at radius 1 is 1.03 bits per heavy atom. The van der Waals surface area contributed by atoms with E-state index in [1.165, 1.54) is 18.2 Å². The first-order valence-electron chi connectivity index (χ1n) is 10.9. The van der Waals surface area contributed by atoms with Gasteiger partial charge in [0, 0.05) is 36.6 Å². The molecule has 1 aliphatic heterocycles. The standard InChI is InChI=1S/C25H26N4O3/c1-32-25(31)23-15-20(16-28(23)22-13-18-5-2-3-6-19(18)14-22)27-24(30)17-7-9-21(10-8-17)29-12-4-11-26-29/h2-12,20,22-23H,13-16H2,1H3,(H,27,30)/t20-,23-/m0/s1. The van der Waals surface area contributed by atoms with Crippen LogP contribution in [0.15, 0.2) is 67.0 Å². The van der Waals surface area contributed by atoms with E-state index in [-0.39, 0.29) is 30.0 Å². The smallest absolute Gasteiger partial charge is 0.323 e. The number of nitrogens with zero attached hydrogens (tertiary/aromatic N) is 3. The molecule has 2 aliphatic rings. The van der Waals surface area contributed by atoms with Crippen molar-refractivity contribution in [1.82, 2.24) is 20.0 Å². The van der Waals surface area contributed by atoms with E-state index in [2.05, 4.69) is 39.6 Å². The molecule has 2 heterocycles. The summed E-state index contributed by atoms with van der Waals surface area (Å²) < 4.78 is 6.83. The van der Waals surface area contributed by atoms with Gasteiger partial charge in [0.1, 0.15) is 6.04 Å². The Bertz CT molecular complexity index is 1090. The second-order valence-corrected chi connectivity index (χ2v) is 8.47. The number of methoxy groups -OCH3 is 1. The van der Waals surface area contributed by atoms with E-state index in [1.54, 1.807) is 23.0 Å². The second-order valence-electron chi connectivity index (χ2n) is 8.47. The van der Waals surface area contributed by atoms with Gasteiger partial charge in [-0.05, 0) is 60.7 Å². The van der Waals surface area contributed by atoms with Gasteiger partial charge in [0.25, 0.3) is 5.91 Å². The van der Waals surface area contributed by atoms with Gasteiger partial charge in [0.15, 0.2) is 0 Å². The molecule has 2 atom stereocenters. The molecule has 7 nitrogen and oxygen atoms in total. The number of esters is 1. The summed E-state index contributed by atoms with van der Waals surface area (Å²) in [5, 5.41) is 7.33. The molecular weight excluding hydrogens is 404 g/mol. The molecule has 1 amide bonds. The minimum atomic E-state index is -0.341.